The van der Waals surface area contributed by atoms with Gasteiger partial charge < -0.3 is 15.4 Å². The number of ether oxygens (including phenoxy) is 1. The predicted octanol–water partition coefficient (Wildman–Crippen LogP) is 2.95. The summed E-state index contributed by atoms with van der Waals surface area (Å²) < 4.78 is 7.31. The standard InChI is InChI=1S/C20H28N6O2/c1-13-24-25-18-17(21-10-6-7-11-22-19(27)20(2,3)4)23-15-9-8-14(28-5)12-16(15)26(13)18/h8-9,12H,6-7,10-11H2,1-5H3,(H,21,23)(H,22,27). The van der Waals surface area contributed by atoms with Crippen molar-refractivity contribution in [2.75, 3.05) is 25.5 Å². The van der Waals surface area contributed by atoms with E-state index in [1.807, 2.05) is 50.3 Å². The van der Waals surface area contributed by atoms with Crippen molar-refractivity contribution in [3.8, 4) is 5.75 Å². The van der Waals surface area contributed by atoms with Crippen LogP contribution in [-0.4, -0.2) is 45.7 Å². The molecule has 0 aliphatic heterocycles. The lowest BCUT2D eigenvalue weighted by Gasteiger charge is -2.17. The molecule has 0 unspecified atom stereocenters. The average Bonchev–Trinajstić information content (AvgIpc) is 3.05. The van der Waals surface area contributed by atoms with E-state index >= 15 is 0 Å². The zero-order valence-corrected chi connectivity index (χ0v) is 17.2. The molecule has 2 aromatic heterocycles. The topological polar surface area (TPSA) is 93.4 Å². The molecule has 2 N–H and O–H groups in total. The molecule has 0 aliphatic rings. The van der Waals surface area contributed by atoms with E-state index in [1.165, 1.54) is 0 Å². The Morgan fingerprint density at radius 2 is 1.93 bits per heavy atom. The van der Waals surface area contributed by atoms with Crippen molar-refractivity contribution in [3.05, 3.63) is 24.0 Å². The highest BCUT2D eigenvalue weighted by atomic mass is 16.5. The van der Waals surface area contributed by atoms with Gasteiger partial charge in [-0.3, -0.25) is 9.20 Å². The van der Waals surface area contributed by atoms with E-state index in [1.54, 1.807) is 7.11 Å². The second kappa shape index (κ2) is 8.00. The van der Waals surface area contributed by atoms with E-state index in [-0.39, 0.29) is 11.3 Å². The normalized spacial score (nSPS) is 11.8. The third-order valence-electron chi connectivity index (χ3n) is 4.56. The van der Waals surface area contributed by atoms with Crippen molar-refractivity contribution in [3.63, 3.8) is 0 Å². The summed E-state index contributed by atoms with van der Waals surface area (Å²) in [5.41, 5.74) is 2.09. The molecule has 3 aromatic rings. The highest BCUT2D eigenvalue weighted by Crippen LogP contribution is 2.25. The monoisotopic (exact) mass is 384 g/mol. The van der Waals surface area contributed by atoms with E-state index in [0.717, 1.165) is 42.0 Å². The van der Waals surface area contributed by atoms with Crippen LogP contribution in [0.15, 0.2) is 18.2 Å². The minimum Gasteiger partial charge on any atom is -0.497 e. The number of rotatable bonds is 7. The van der Waals surface area contributed by atoms with Gasteiger partial charge in [-0.25, -0.2) is 4.98 Å². The quantitative estimate of drug-likeness (QED) is 0.608. The third-order valence-corrected chi connectivity index (χ3v) is 4.56. The highest BCUT2D eigenvalue weighted by Gasteiger charge is 2.20. The Kier molecular flexibility index (Phi) is 5.67. The van der Waals surface area contributed by atoms with E-state index in [2.05, 4.69) is 20.8 Å². The van der Waals surface area contributed by atoms with Gasteiger partial charge in [-0.1, -0.05) is 20.8 Å². The minimum absolute atomic E-state index is 0.0766. The van der Waals surface area contributed by atoms with Crippen molar-refractivity contribution >= 4 is 28.4 Å². The van der Waals surface area contributed by atoms with Crippen LogP contribution in [0.5, 0.6) is 5.75 Å². The summed E-state index contributed by atoms with van der Waals surface area (Å²) >= 11 is 0. The Hall–Kier alpha value is -2.90. The molecule has 0 bridgehead atoms. The lowest BCUT2D eigenvalue weighted by atomic mass is 9.96. The number of aryl methyl sites for hydroxylation is 1. The second-order valence-corrected chi connectivity index (χ2v) is 7.86. The summed E-state index contributed by atoms with van der Waals surface area (Å²) in [6, 6.07) is 5.76. The smallest absolute Gasteiger partial charge is 0.225 e. The van der Waals surface area contributed by atoms with Crippen molar-refractivity contribution in [2.24, 2.45) is 5.41 Å². The van der Waals surface area contributed by atoms with Crippen LogP contribution in [0.1, 0.15) is 39.4 Å². The fraction of sp³-hybridized carbons (Fsp3) is 0.500. The van der Waals surface area contributed by atoms with Crippen LogP contribution in [0.25, 0.3) is 16.7 Å². The zero-order valence-electron chi connectivity index (χ0n) is 17.2. The molecule has 2 heterocycles. The van der Waals surface area contributed by atoms with Crippen molar-refractivity contribution in [1.29, 1.82) is 0 Å². The van der Waals surface area contributed by atoms with Crippen LogP contribution >= 0.6 is 0 Å². The van der Waals surface area contributed by atoms with Crippen LogP contribution in [0.4, 0.5) is 5.82 Å². The van der Waals surface area contributed by atoms with Crippen molar-refractivity contribution in [1.82, 2.24) is 24.9 Å². The Morgan fingerprint density at radius 1 is 1.18 bits per heavy atom. The molecule has 8 nitrogen and oxygen atoms in total. The molecule has 3 rings (SSSR count). The molecular formula is C20H28N6O2. The first-order chi connectivity index (χ1) is 13.3. The number of hydrogen-bond acceptors (Lipinski definition) is 6. The van der Waals surface area contributed by atoms with Gasteiger partial charge in [0.05, 0.1) is 18.1 Å². The Labute approximate surface area is 164 Å². The van der Waals surface area contributed by atoms with E-state index in [4.69, 9.17) is 9.72 Å². The van der Waals surface area contributed by atoms with E-state index < -0.39 is 0 Å². The van der Waals surface area contributed by atoms with Gasteiger partial charge in [0.2, 0.25) is 11.6 Å². The summed E-state index contributed by atoms with van der Waals surface area (Å²) in [5, 5.41) is 14.8. The number of hydrogen-bond donors (Lipinski definition) is 2. The van der Waals surface area contributed by atoms with Gasteiger partial charge in [-0.05, 0) is 31.9 Å². The van der Waals surface area contributed by atoms with Crippen LogP contribution in [-0.2, 0) is 4.79 Å². The molecule has 0 radical (unpaired) electrons. The summed E-state index contributed by atoms with van der Waals surface area (Å²) in [7, 11) is 1.64. The van der Waals surface area contributed by atoms with Gasteiger partial charge in [0.15, 0.2) is 5.82 Å². The van der Waals surface area contributed by atoms with Gasteiger partial charge >= 0.3 is 0 Å². The van der Waals surface area contributed by atoms with Gasteiger partial charge in [0.25, 0.3) is 0 Å². The molecule has 0 atom stereocenters. The highest BCUT2D eigenvalue weighted by molar-refractivity contribution is 5.84. The number of nitrogens with zero attached hydrogens (tertiary/aromatic N) is 4. The summed E-state index contributed by atoms with van der Waals surface area (Å²) in [5.74, 6) is 2.34. The lowest BCUT2D eigenvalue weighted by Crippen LogP contribution is -2.35. The Balaban J connectivity index is 1.67. The molecule has 28 heavy (non-hydrogen) atoms. The third kappa shape index (κ3) is 4.16. The largest absolute Gasteiger partial charge is 0.497 e. The van der Waals surface area contributed by atoms with Gasteiger partial charge in [0, 0.05) is 24.6 Å². The number of anilines is 1. The number of amides is 1. The maximum atomic E-state index is 11.9. The van der Waals surface area contributed by atoms with Gasteiger partial charge in [-0.2, -0.15) is 0 Å². The first kappa shape index (κ1) is 19.9. The van der Waals surface area contributed by atoms with Crippen molar-refractivity contribution < 1.29 is 9.53 Å². The number of methoxy groups -OCH3 is 1. The number of nitrogens with one attached hydrogen (secondary N) is 2. The predicted molar refractivity (Wildman–Crippen MR) is 110 cm³/mol. The molecular weight excluding hydrogens is 356 g/mol. The summed E-state index contributed by atoms with van der Waals surface area (Å²) in [6.45, 7) is 9.06. The maximum absolute atomic E-state index is 11.9. The van der Waals surface area contributed by atoms with E-state index in [9.17, 15) is 4.79 Å². The number of aromatic nitrogens is 4. The number of benzene rings is 1. The van der Waals surface area contributed by atoms with Gasteiger partial charge in [0.1, 0.15) is 11.6 Å². The molecule has 8 heteroatoms. The molecule has 0 aliphatic carbocycles. The zero-order chi connectivity index (χ0) is 20.3. The number of fused-ring (bicyclic) bond motifs is 3. The SMILES string of the molecule is COc1ccc2nc(NCCCCNC(=O)C(C)(C)C)c3nnc(C)n3c2c1. The number of carbonyl (C=O) groups excluding carboxylic acids is 1. The fourth-order valence-corrected chi connectivity index (χ4v) is 2.92. The summed E-state index contributed by atoms with van der Waals surface area (Å²) in [4.78, 5) is 16.6. The lowest BCUT2D eigenvalue weighted by molar-refractivity contribution is -0.128. The molecule has 0 saturated carbocycles. The average molecular weight is 384 g/mol. The number of unbranched alkanes of at least 4 members (excludes halogenated alkanes) is 1. The van der Waals surface area contributed by atoms with Crippen LogP contribution in [0.3, 0.4) is 0 Å². The van der Waals surface area contributed by atoms with Crippen LogP contribution in [0.2, 0.25) is 0 Å². The van der Waals surface area contributed by atoms with Crippen LogP contribution < -0.4 is 15.4 Å². The minimum atomic E-state index is -0.354. The van der Waals surface area contributed by atoms with Crippen molar-refractivity contribution in [2.45, 2.75) is 40.5 Å². The first-order valence-electron chi connectivity index (χ1n) is 9.53. The van der Waals surface area contributed by atoms with Gasteiger partial charge in [-0.15, -0.1) is 10.2 Å². The Morgan fingerprint density at radius 3 is 2.64 bits per heavy atom. The molecule has 1 aromatic carbocycles. The molecule has 0 saturated heterocycles. The first-order valence-corrected chi connectivity index (χ1v) is 9.53. The molecule has 1 amide bonds. The summed E-state index contributed by atoms with van der Waals surface area (Å²) in [6.07, 6.45) is 1.80. The molecule has 0 fully saturated rings. The second-order valence-electron chi connectivity index (χ2n) is 7.86. The Bertz CT molecular complexity index is 990. The molecule has 0 spiro atoms. The van der Waals surface area contributed by atoms with Crippen LogP contribution in [0, 0.1) is 12.3 Å². The van der Waals surface area contributed by atoms with E-state index in [0.29, 0.717) is 18.0 Å². The molecule has 150 valence electrons. The number of carbonyl (C=O) groups is 1. The fourth-order valence-electron chi connectivity index (χ4n) is 2.92. The maximum Gasteiger partial charge on any atom is 0.225 e.